The van der Waals surface area contributed by atoms with Crippen LogP contribution < -0.4 is 10.1 Å². The lowest BCUT2D eigenvalue weighted by molar-refractivity contribution is -0.152. The predicted molar refractivity (Wildman–Crippen MR) is 104 cm³/mol. The van der Waals surface area contributed by atoms with Gasteiger partial charge in [0.25, 0.3) is 0 Å². The van der Waals surface area contributed by atoms with Gasteiger partial charge in [-0.3, -0.25) is 4.79 Å². The van der Waals surface area contributed by atoms with Crippen LogP contribution in [0.4, 0.5) is 0 Å². The number of nitrogens with one attached hydrogen (secondary N) is 1. The summed E-state index contributed by atoms with van der Waals surface area (Å²) in [5.41, 5.74) is 0.518. The van der Waals surface area contributed by atoms with Gasteiger partial charge in [-0.25, -0.2) is 14.4 Å². The molecule has 3 aromatic rings. The minimum atomic E-state index is -1.76. The molecule has 3 N–H and O–H groups in total. The number of benzene rings is 2. The average molecular weight is 413 g/mol. The molecule has 0 radical (unpaired) electrons. The van der Waals surface area contributed by atoms with Crippen LogP contribution in [0, 0.1) is 0 Å². The van der Waals surface area contributed by atoms with Crippen molar-refractivity contribution in [1.29, 1.82) is 0 Å². The first-order chi connectivity index (χ1) is 13.8. The number of carbonyl (C=O) groups is 4. The van der Waals surface area contributed by atoms with E-state index in [9.17, 15) is 19.2 Å². The van der Waals surface area contributed by atoms with Crippen LogP contribution in [0.25, 0.3) is 10.1 Å². The van der Waals surface area contributed by atoms with Crippen LogP contribution in [0.1, 0.15) is 15.2 Å². The molecule has 1 amide bonds. The Morgan fingerprint density at radius 3 is 2.31 bits per heavy atom. The summed E-state index contributed by atoms with van der Waals surface area (Å²) in [4.78, 5) is 45.8. The fourth-order valence-corrected chi connectivity index (χ4v) is 3.53. The van der Waals surface area contributed by atoms with Gasteiger partial charge in [0.15, 0.2) is 0 Å². The molecule has 1 aromatic heterocycles. The molecule has 9 heteroatoms. The predicted octanol–water partition coefficient (Wildman–Crippen LogP) is 2.32. The molecule has 8 nitrogen and oxygen atoms in total. The largest absolute Gasteiger partial charge is 0.480 e. The number of carbonyl (C=O) groups excluding carboxylic acids is 2. The summed E-state index contributed by atoms with van der Waals surface area (Å²) in [5, 5.41) is 20.6. The quantitative estimate of drug-likeness (QED) is 0.321. The molecular formula is C20H15NO7S. The highest BCUT2D eigenvalue weighted by atomic mass is 32.1. The van der Waals surface area contributed by atoms with Crippen molar-refractivity contribution in [2.24, 2.45) is 0 Å². The number of amides is 1. The van der Waals surface area contributed by atoms with Crippen molar-refractivity contribution in [2.45, 2.75) is 12.5 Å². The van der Waals surface area contributed by atoms with Crippen molar-refractivity contribution in [1.82, 2.24) is 5.32 Å². The van der Waals surface area contributed by atoms with E-state index in [2.05, 4.69) is 0 Å². The molecular weight excluding hydrogens is 398 g/mol. The number of esters is 1. The fourth-order valence-electron chi connectivity index (χ4n) is 2.59. The third-order valence-corrected chi connectivity index (χ3v) is 5.09. The van der Waals surface area contributed by atoms with Gasteiger partial charge in [-0.1, -0.05) is 30.3 Å². The Morgan fingerprint density at radius 1 is 1.00 bits per heavy atom. The Hall–Kier alpha value is -3.72. The molecule has 0 unspecified atom stereocenters. The van der Waals surface area contributed by atoms with E-state index < -0.39 is 29.9 Å². The molecule has 1 atom stereocenters. The lowest BCUT2D eigenvalue weighted by Crippen LogP contribution is -2.45. The summed E-state index contributed by atoms with van der Waals surface area (Å²) in [6.07, 6.45) is -0.126. The third kappa shape index (κ3) is 4.96. The summed E-state index contributed by atoms with van der Waals surface area (Å²) < 4.78 is 6.31. The molecule has 1 heterocycles. The molecule has 0 aliphatic heterocycles. The maximum atomic E-state index is 12.3. The normalized spacial score (nSPS) is 11.6. The SMILES string of the molecule is O=C(O)C(=O)N[C@H](Cc1ccc(OC(=O)c2cc3ccccc3s2)cc1)C(=O)O. The van der Waals surface area contributed by atoms with Gasteiger partial charge in [0.2, 0.25) is 0 Å². The van der Waals surface area contributed by atoms with Gasteiger partial charge in [-0.2, -0.15) is 0 Å². The van der Waals surface area contributed by atoms with Crippen LogP contribution in [-0.2, 0) is 20.8 Å². The summed E-state index contributed by atoms with van der Waals surface area (Å²) in [6, 6.07) is 14.0. The Bertz CT molecular complexity index is 1050. The molecule has 3 rings (SSSR count). The maximum absolute atomic E-state index is 12.3. The molecule has 0 spiro atoms. The summed E-state index contributed by atoms with van der Waals surface area (Å²) in [6.45, 7) is 0. The highest BCUT2D eigenvalue weighted by Gasteiger charge is 2.23. The van der Waals surface area contributed by atoms with Crippen molar-refractivity contribution in [3.05, 3.63) is 65.0 Å². The van der Waals surface area contributed by atoms with Gasteiger partial charge in [-0.05, 0) is 35.2 Å². The summed E-state index contributed by atoms with van der Waals surface area (Å²) in [7, 11) is 0. The van der Waals surface area contributed by atoms with Crippen molar-refractivity contribution in [3.63, 3.8) is 0 Å². The number of hydrogen-bond acceptors (Lipinski definition) is 6. The highest BCUT2D eigenvalue weighted by molar-refractivity contribution is 7.20. The van der Waals surface area contributed by atoms with Crippen LogP contribution in [0.5, 0.6) is 5.75 Å². The van der Waals surface area contributed by atoms with E-state index in [1.165, 1.54) is 35.6 Å². The molecule has 29 heavy (non-hydrogen) atoms. The molecule has 0 fully saturated rings. The first-order valence-electron chi connectivity index (χ1n) is 8.40. The molecule has 0 saturated heterocycles. The topological polar surface area (TPSA) is 130 Å². The number of thiophene rings is 1. The summed E-state index contributed by atoms with van der Waals surface area (Å²) in [5.74, 6) is -4.75. The van der Waals surface area contributed by atoms with E-state index >= 15 is 0 Å². The minimum Gasteiger partial charge on any atom is -0.480 e. The number of carboxylic acid groups (broad SMARTS) is 2. The lowest BCUT2D eigenvalue weighted by atomic mass is 10.1. The molecule has 0 aliphatic carbocycles. The highest BCUT2D eigenvalue weighted by Crippen LogP contribution is 2.26. The zero-order valence-electron chi connectivity index (χ0n) is 14.8. The van der Waals surface area contributed by atoms with E-state index in [1.54, 1.807) is 6.07 Å². The first kappa shape index (κ1) is 20.0. The second-order valence-electron chi connectivity index (χ2n) is 6.06. The van der Waals surface area contributed by atoms with E-state index in [-0.39, 0.29) is 12.2 Å². The number of carboxylic acids is 2. The van der Waals surface area contributed by atoms with Gasteiger partial charge < -0.3 is 20.3 Å². The van der Waals surface area contributed by atoms with Gasteiger partial charge >= 0.3 is 23.8 Å². The smallest absolute Gasteiger partial charge is 0.394 e. The second-order valence-corrected chi connectivity index (χ2v) is 7.14. The lowest BCUT2D eigenvalue weighted by Gasteiger charge is -2.13. The average Bonchev–Trinajstić information content (AvgIpc) is 3.13. The first-order valence-corrected chi connectivity index (χ1v) is 9.21. The van der Waals surface area contributed by atoms with Gasteiger partial charge in [0, 0.05) is 11.1 Å². The van der Waals surface area contributed by atoms with Crippen LogP contribution in [0.3, 0.4) is 0 Å². The Morgan fingerprint density at radius 2 is 1.69 bits per heavy atom. The number of hydrogen-bond donors (Lipinski definition) is 3. The van der Waals surface area contributed by atoms with E-state index in [1.807, 2.05) is 29.6 Å². The molecule has 2 aromatic carbocycles. The van der Waals surface area contributed by atoms with Crippen LogP contribution in [-0.4, -0.2) is 40.1 Å². The van der Waals surface area contributed by atoms with Gasteiger partial charge in [-0.15, -0.1) is 11.3 Å². The fraction of sp³-hybridized carbons (Fsp3) is 0.100. The number of fused-ring (bicyclic) bond motifs is 1. The monoisotopic (exact) mass is 413 g/mol. The molecule has 0 aliphatic rings. The number of rotatable bonds is 6. The minimum absolute atomic E-state index is 0.126. The summed E-state index contributed by atoms with van der Waals surface area (Å²) >= 11 is 1.32. The number of aliphatic carboxylic acids is 2. The van der Waals surface area contributed by atoms with Crippen molar-refractivity contribution < 1.29 is 34.1 Å². The molecule has 148 valence electrons. The number of ether oxygens (including phenoxy) is 1. The second kappa shape index (κ2) is 8.53. The zero-order chi connectivity index (χ0) is 21.0. The van der Waals surface area contributed by atoms with Crippen molar-refractivity contribution in [2.75, 3.05) is 0 Å². The van der Waals surface area contributed by atoms with Crippen molar-refractivity contribution in [3.8, 4) is 5.75 Å². The Balaban J connectivity index is 1.65. The van der Waals surface area contributed by atoms with Gasteiger partial charge in [0.05, 0.1) is 0 Å². The Labute approximate surface area is 168 Å². The Kier molecular flexibility index (Phi) is 5.89. The van der Waals surface area contributed by atoms with E-state index in [4.69, 9.17) is 14.9 Å². The van der Waals surface area contributed by atoms with Crippen molar-refractivity contribution >= 4 is 45.2 Å². The molecule has 0 saturated carbocycles. The van der Waals surface area contributed by atoms with Crippen LogP contribution in [0.2, 0.25) is 0 Å². The van der Waals surface area contributed by atoms with Crippen LogP contribution in [0.15, 0.2) is 54.6 Å². The van der Waals surface area contributed by atoms with E-state index in [0.29, 0.717) is 10.4 Å². The third-order valence-electron chi connectivity index (χ3n) is 4.00. The van der Waals surface area contributed by atoms with Crippen LogP contribution >= 0.6 is 11.3 Å². The van der Waals surface area contributed by atoms with E-state index in [0.717, 1.165) is 10.1 Å². The zero-order valence-corrected chi connectivity index (χ0v) is 15.6. The van der Waals surface area contributed by atoms with Gasteiger partial charge in [0.1, 0.15) is 16.7 Å². The molecule has 0 bridgehead atoms. The standard InChI is InChI=1S/C20H15NO7S/c22-17(19(25)26)21-14(18(23)24)9-11-5-7-13(8-6-11)28-20(27)16-10-12-3-1-2-4-15(12)29-16/h1-8,10,14H,9H2,(H,21,22)(H,23,24)(H,25,26)/t14-/m1/s1. The maximum Gasteiger partial charge on any atom is 0.394 e.